The van der Waals surface area contributed by atoms with E-state index in [1.54, 1.807) is 28.0 Å². The van der Waals surface area contributed by atoms with E-state index in [9.17, 15) is 14.4 Å². The number of para-hydroxylation sites is 1. The Morgan fingerprint density at radius 1 is 1.09 bits per heavy atom. The molecule has 0 aliphatic rings. The van der Waals surface area contributed by atoms with Gasteiger partial charge in [0.2, 0.25) is 11.7 Å². The van der Waals surface area contributed by atoms with Crippen LogP contribution in [0.4, 0.5) is 4.79 Å². The molecule has 0 spiro atoms. The Morgan fingerprint density at radius 3 is 2.59 bits per heavy atom. The number of aromatic nitrogens is 4. The number of imide groups is 1. The molecular formula is C22H22N6O3S. The molecular weight excluding hydrogens is 428 g/mol. The van der Waals surface area contributed by atoms with Crippen molar-refractivity contribution in [2.24, 2.45) is 0 Å². The first-order valence-electron chi connectivity index (χ1n) is 9.97. The van der Waals surface area contributed by atoms with E-state index >= 15 is 0 Å². The normalized spacial score (nSPS) is 12.1. The van der Waals surface area contributed by atoms with Gasteiger partial charge in [0.25, 0.3) is 5.56 Å². The highest BCUT2D eigenvalue weighted by Crippen LogP contribution is 2.27. The van der Waals surface area contributed by atoms with E-state index in [0.717, 1.165) is 28.6 Å². The van der Waals surface area contributed by atoms with E-state index < -0.39 is 17.2 Å². The monoisotopic (exact) mass is 450 g/mol. The van der Waals surface area contributed by atoms with Crippen molar-refractivity contribution in [3.05, 3.63) is 63.9 Å². The summed E-state index contributed by atoms with van der Waals surface area (Å²) in [5.41, 5.74) is 3.10. The van der Waals surface area contributed by atoms with E-state index in [1.165, 1.54) is 7.05 Å². The first-order chi connectivity index (χ1) is 15.3. The van der Waals surface area contributed by atoms with Crippen LogP contribution in [0.2, 0.25) is 0 Å². The van der Waals surface area contributed by atoms with Crippen LogP contribution in [-0.2, 0) is 4.79 Å². The number of aryl methyl sites for hydroxylation is 2. The molecule has 10 heteroatoms. The highest BCUT2D eigenvalue weighted by atomic mass is 32.2. The van der Waals surface area contributed by atoms with Gasteiger partial charge in [0.1, 0.15) is 0 Å². The number of nitrogens with one attached hydrogen (secondary N) is 2. The number of carbonyl (C=O) groups is 2. The fourth-order valence-electron chi connectivity index (χ4n) is 3.42. The van der Waals surface area contributed by atoms with Gasteiger partial charge < -0.3 is 5.32 Å². The summed E-state index contributed by atoms with van der Waals surface area (Å²) in [6.45, 7) is 5.57. The standard InChI is InChI=1S/C22H22N6O3S/c1-12-9-10-13(2)17(11-12)27-19(30)15-7-5-6-8-16(15)28-21(27)25-26-22(28)32-14(3)18(29)24-20(31)23-4/h5-11,14H,1-4H3,(H2,23,24,29,31). The Hall–Kier alpha value is -3.66. The zero-order chi connectivity index (χ0) is 23.0. The number of carbonyl (C=O) groups excluding carboxylic acids is 2. The van der Waals surface area contributed by atoms with E-state index in [2.05, 4.69) is 20.8 Å². The molecule has 1 unspecified atom stereocenters. The van der Waals surface area contributed by atoms with Gasteiger partial charge >= 0.3 is 6.03 Å². The van der Waals surface area contributed by atoms with Crippen LogP contribution < -0.4 is 16.2 Å². The Bertz CT molecular complexity index is 1420. The van der Waals surface area contributed by atoms with Crippen LogP contribution >= 0.6 is 11.8 Å². The van der Waals surface area contributed by atoms with Crippen molar-refractivity contribution in [1.29, 1.82) is 0 Å². The number of thioether (sulfide) groups is 1. The third-order valence-electron chi connectivity index (χ3n) is 5.12. The van der Waals surface area contributed by atoms with Crippen molar-refractivity contribution in [2.45, 2.75) is 31.2 Å². The maximum Gasteiger partial charge on any atom is 0.321 e. The molecule has 2 aromatic heterocycles. The van der Waals surface area contributed by atoms with Crippen LogP contribution in [0.1, 0.15) is 18.1 Å². The smallest absolute Gasteiger partial charge is 0.321 e. The van der Waals surface area contributed by atoms with Crippen LogP contribution in [0.15, 0.2) is 52.4 Å². The molecule has 4 aromatic rings. The van der Waals surface area contributed by atoms with E-state index in [-0.39, 0.29) is 5.56 Å². The summed E-state index contributed by atoms with van der Waals surface area (Å²) < 4.78 is 3.32. The van der Waals surface area contributed by atoms with E-state index in [0.29, 0.717) is 21.8 Å². The maximum atomic E-state index is 13.5. The second-order valence-electron chi connectivity index (χ2n) is 7.39. The third-order valence-corrected chi connectivity index (χ3v) is 6.16. The predicted octanol–water partition coefficient (Wildman–Crippen LogP) is 2.59. The van der Waals surface area contributed by atoms with Crippen molar-refractivity contribution in [3.63, 3.8) is 0 Å². The SMILES string of the molecule is CNC(=O)NC(=O)C(C)Sc1nnc2n(-c3cc(C)ccc3C)c(=O)c3ccccc3n12. The summed E-state index contributed by atoms with van der Waals surface area (Å²) in [4.78, 5) is 37.3. The van der Waals surface area contributed by atoms with Crippen LogP contribution in [0, 0.1) is 13.8 Å². The topological polar surface area (TPSA) is 110 Å². The number of hydrogen-bond acceptors (Lipinski definition) is 6. The summed E-state index contributed by atoms with van der Waals surface area (Å²) in [5, 5.41) is 13.5. The lowest BCUT2D eigenvalue weighted by Gasteiger charge is -2.14. The van der Waals surface area contributed by atoms with Crippen molar-refractivity contribution >= 4 is 40.4 Å². The molecule has 2 heterocycles. The minimum Gasteiger partial charge on any atom is -0.341 e. The zero-order valence-corrected chi connectivity index (χ0v) is 18.9. The molecule has 0 radical (unpaired) electrons. The Morgan fingerprint density at radius 2 is 1.84 bits per heavy atom. The minimum absolute atomic E-state index is 0.198. The van der Waals surface area contributed by atoms with Gasteiger partial charge in [0, 0.05) is 7.05 Å². The van der Waals surface area contributed by atoms with Crippen LogP contribution in [0.25, 0.3) is 22.4 Å². The van der Waals surface area contributed by atoms with Gasteiger partial charge in [-0.25, -0.2) is 9.36 Å². The van der Waals surface area contributed by atoms with Gasteiger partial charge in [0.05, 0.1) is 21.8 Å². The average molecular weight is 451 g/mol. The number of nitrogens with zero attached hydrogens (tertiary/aromatic N) is 4. The van der Waals surface area contributed by atoms with Crippen molar-refractivity contribution in [3.8, 4) is 5.69 Å². The molecule has 0 saturated carbocycles. The molecule has 0 fully saturated rings. The zero-order valence-electron chi connectivity index (χ0n) is 18.0. The molecule has 0 aliphatic carbocycles. The summed E-state index contributed by atoms with van der Waals surface area (Å²) in [6, 6.07) is 12.5. The molecule has 9 nitrogen and oxygen atoms in total. The highest BCUT2D eigenvalue weighted by Gasteiger charge is 2.23. The Kier molecular flexibility index (Phi) is 5.70. The van der Waals surface area contributed by atoms with Crippen LogP contribution in [-0.4, -0.2) is 43.4 Å². The van der Waals surface area contributed by atoms with Crippen LogP contribution in [0.5, 0.6) is 0 Å². The second-order valence-corrected chi connectivity index (χ2v) is 8.70. The molecule has 0 saturated heterocycles. The molecule has 0 aliphatic heterocycles. The molecule has 4 rings (SSSR count). The van der Waals surface area contributed by atoms with Gasteiger partial charge in [-0.1, -0.05) is 36.0 Å². The van der Waals surface area contributed by atoms with Crippen molar-refractivity contribution in [2.75, 3.05) is 7.05 Å². The molecule has 0 bridgehead atoms. The number of rotatable bonds is 4. The second kappa shape index (κ2) is 8.46. The predicted molar refractivity (Wildman–Crippen MR) is 123 cm³/mol. The highest BCUT2D eigenvalue weighted by molar-refractivity contribution is 8.00. The van der Waals surface area contributed by atoms with Gasteiger partial charge in [-0.2, -0.15) is 0 Å². The quantitative estimate of drug-likeness (QED) is 0.463. The first kappa shape index (κ1) is 21.6. The van der Waals surface area contributed by atoms with Gasteiger partial charge in [-0.15, -0.1) is 10.2 Å². The first-order valence-corrected chi connectivity index (χ1v) is 10.9. The fourth-order valence-corrected chi connectivity index (χ4v) is 4.28. The lowest BCUT2D eigenvalue weighted by Crippen LogP contribution is -2.41. The van der Waals surface area contributed by atoms with Crippen molar-refractivity contribution < 1.29 is 9.59 Å². The minimum atomic E-state index is -0.625. The maximum absolute atomic E-state index is 13.5. The third kappa shape index (κ3) is 3.73. The van der Waals surface area contributed by atoms with Gasteiger partial charge in [0.15, 0.2) is 5.16 Å². The van der Waals surface area contributed by atoms with E-state index in [4.69, 9.17) is 0 Å². The summed E-state index contributed by atoms with van der Waals surface area (Å²) in [6.07, 6.45) is 0. The largest absolute Gasteiger partial charge is 0.341 e. The molecule has 32 heavy (non-hydrogen) atoms. The number of urea groups is 1. The van der Waals surface area contributed by atoms with E-state index in [1.807, 2.05) is 44.2 Å². The van der Waals surface area contributed by atoms with Crippen LogP contribution in [0.3, 0.4) is 0 Å². The molecule has 3 amide bonds. The fraction of sp³-hybridized carbons (Fsp3) is 0.227. The Balaban J connectivity index is 1.92. The lowest BCUT2D eigenvalue weighted by molar-refractivity contribution is -0.119. The van der Waals surface area contributed by atoms with Gasteiger partial charge in [-0.05, 0) is 50.1 Å². The number of amides is 3. The summed E-state index contributed by atoms with van der Waals surface area (Å²) in [7, 11) is 1.44. The summed E-state index contributed by atoms with van der Waals surface area (Å²) >= 11 is 1.15. The molecule has 164 valence electrons. The van der Waals surface area contributed by atoms with Gasteiger partial charge in [-0.3, -0.25) is 19.3 Å². The Labute approximate surface area is 187 Å². The molecule has 2 N–H and O–H groups in total. The average Bonchev–Trinajstić information content (AvgIpc) is 3.19. The molecule has 2 aromatic carbocycles. The molecule has 1 atom stereocenters. The lowest BCUT2D eigenvalue weighted by atomic mass is 10.1. The number of hydrogen-bond donors (Lipinski definition) is 2. The summed E-state index contributed by atoms with van der Waals surface area (Å²) in [5.74, 6) is -0.109. The number of benzene rings is 2. The number of fused-ring (bicyclic) bond motifs is 3. The van der Waals surface area contributed by atoms with Crippen molar-refractivity contribution in [1.82, 2.24) is 29.8 Å².